The number of carbonyl (C=O) groups is 1. The Kier molecular flexibility index (Phi) is 7.84. The molecule has 0 spiro atoms. The number of amides is 1. The van der Waals surface area contributed by atoms with E-state index in [-0.39, 0.29) is 29.4 Å². The molecule has 0 saturated carbocycles. The SMILES string of the molecule is COc1ccc(S(=O)(=O)CCCC(=O)N(Cc2ccccc2)Cc2ccccc2)cc1. The van der Waals surface area contributed by atoms with Crippen LogP contribution in [0, 0.1) is 0 Å². The third kappa shape index (κ3) is 6.69. The topological polar surface area (TPSA) is 63.7 Å². The number of hydrogen-bond donors (Lipinski definition) is 0. The van der Waals surface area contributed by atoms with Crippen molar-refractivity contribution >= 4 is 15.7 Å². The molecule has 3 rings (SSSR count). The summed E-state index contributed by atoms with van der Waals surface area (Å²) in [5.74, 6) is 0.472. The summed E-state index contributed by atoms with van der Waals surface area (Å²) in [5, 5.41) is 0. The van der Waals surface area contributed by atoms with Crippen molar-refractivity contribution in [1.82, 2.24) is 4.90 Å². The van der Waals surface area contributed by atoms with Gasteiger partial charge in [0.15, 0.2) is 9.84 Å². The van der Waals surface area contributed by atoms with Crippen LogP contribution in [-0.4, -0.2) is 32.1 Å². The minimum absolute atomic E-state index is 0.0577. The van der Waals surface area contributed by atoms with E-state index < -0.39 is 9.84 Å². The number of benzene rings is 3. The lowest BCUT2D eigenvalue weighted by atomic mass is 10.1. The summed E-state index contributed by atoms with van der Waals surface area (Å²) in [6, 6.07) is 25.9. The van der Waals surface area contributed by atoms with E-state index in [4.69, 9.17) is 4.74 Å². The van der Waals surface area contributed by atoms with Crippen LogP contribution in [0.2, 0.25) is 0 Å². The molecule has 3 aromatic rings. The highest BCUT2D eigenvalue weighted by Gasteiger charge is 2.18. The average Bonchev–Trinajstić information content (AvgIpc) is 2.80. The van der Waals surface area contributed by atoms with Gasteiger partial charge in [-0.2, -0.15) is 0 Å². The van der Waals surface area contributed by atoms with Gasteiger partial charge < -0.3 is 9.64 Å². The summed E-state index contributed by atoms with van der Waals surface area (Å²) >= 11 is 0. The van der Waals surface area contributed by atoms with Crippen LogP contribution in [-0.2, 0) is 27.7 Å². The summed E-state index contributed by atoms with van der Waals surface area (Å²) in [5.41, 5.74) is 2.08. The third-order valence-electron chi connectivity index (χ3n) is 5.01. The molecule has 31 heavy (non-hydrogen) atoms. The van der Waals surface area contributed by atoms with E-state index in [1.807, 2.05) is 60.7 Å². The molecule has 0 N–H and O–H groups in total. The molecule has 0 fully saturated rings. The molecule has 3 aromatic carbocycles. The lowest BCUT2D eigenvalue weighted by molar-refractivity contribution is -0.132. The minimum atomic E-state index is -3.45. The molecule has 0 saturated heterocycles. The van der Waals surface area contributed by atoms with Gasteiger partial charge in [-0.1, -0.05) is 60.7 Å². The Labute approximate surface area is 184 Å². The molecule has 162 valence electrons. The van der Waals surface area contributed by atoms with Gasteiger partial charge in [-0.3, -0.25) is 4.79 Å². The lowest BCUT2D eigenvalue weighted by Gasteiger charge is -2.23. The van der Waals surface area contributed by atoms with Crippen LogP contribution in [0.15, 0.2) is 89.8 Å². The molecule has 0 aliphatic heterocycles. The van der Waals surface area contributed by atoms with Crippen molar-refractivity contribution in [3.8, 4) is 5.75 Å². The molecule has 0 aromatic heterocycles. The average molecular weight is 438 g/mol. The van der Waals surface area contributed by atoms with Crippen LogP contribution < -0.4 is 4.74 Å². The maximum absolute atomic E-state index is 13.0. The molecular weight excluding hydrogens is 410 g/mol. The fourth-order valence-electron chi connectivity index (χ4n) is 3.31. The molecule has 0 aliphatic rings. The quantitative estimate of drug-likeness (QED) is 0.469. The maximum Gasteiger partial charge on any atom is 0.223 e. The van der Waals surface area contributed by atoms with Crippen LogP contribution >= 0.6 is 0 Å². The number of rotatable bonds is 10. The molecule has 5 nitrogen and oxygen atoms in total. The Morgan fingerprint density at radius 1 is 0.806 bits per heavy atom. The third-order valence-corrected chi connectivity index (χ3v) is 6.82. The largest absolute Gasteiger partial charge is 0.497 e. The highest BCUT2D eigenvalue weighted by atomic mass is 32.2. The summed E-state index contributed by atoms with van der Waals surface area (Å²) in [7, 11) is -1.92. The van der Waals surface area contributed by atoms with Gasteiger partial charge in [0.25, 0.3) is 0 Å². The fourth-order valence-corrected chi connectivity index (χ4v) is 4.62. The number of nitrogens with zero attached hydrogens (tertiary/aromatic N) is 1. The first kappa shape index (κ1) is 22.6. The highest BCUT2D eigenvalue weighted by molar-refractivity contribution is 7.91. The minimum Gasteiger partial charge on any atom is -0.497 e. The van der Waals surface area contributed by atoms with Crippen molar-refractivity contribution in [2.75, 3.05) is 12.9 Å². The Morgan fingerprint density at radius 3 is 1.81 bits per heavy atom. The predicted molar refractivity (Wildman–Crippen MR) is 121 cm³/mol. The second-order valence-corrected chi connectivity index (χ2v) is 9.43. The fraction of sp³-hybridized carbons (Fsp3) is 0.240. The van der Waals surface area contributed by atoms with Crippen molar-refractivity contribution in [2.45, 2.75) is 30.8 Å². The maximum atomic E-state index is 13.0. The van der Waals surface area contributed by atoms with Gasteiger partial charge in [0, 0.05) is 19.5 Å². The molecule has 0 heterocycles. The number of ether oxygens (including phenoxy) is 1. The Hall–Kier alpha value is -3.12. The van der Waals surface area contributed by atoms with Crippen LogP contribution in [0.1, 0.15) is 24.0 Å². The Balaban J connectivity index is 1.63. The van der Waals surface area contributed by atoms with Gasteiger partial charge in [0.05, 0.1) is 17.8 Å². The zero-order valence-corrected chi connectivity index (χ0v) is 18.4. The van der Waals surface area contributed by atoms with Crippen molar-refractivity contribution in [2.24, 2.45) is 0 Å². The molecule has 1 amide bonds. The molecule has 6 heteroatoms. The van der Waals surface area contributed by atoms with Crippen LogP contribution in [0.5, 0.6) is 5.75 Å². The van der Waals surface area contributed by atoms with Crippen LogP contribution in [0.3, 0.4) is 0 Å². The van der Waals surface area contributed by atoms with Gasteiger partial charge in [-0.05, 0) is 41.8 Å². The molecular formula is C25H27NO4S. The molecule has 0 aliphatic carbocycles. The Bertz CT molecular complexity index is 1020. The monoisotopic (exact) mass is 437 g/mol. The van der Waals surface area contributed by atoms with Crippen molar-refractivity contribution in [3.05, 3.63) is 96.1 Å². The molecule has 0 unspecified atom stereocenters. The zero-order valence-electron chi connectivity index (χ0n) is 17.6. The molecule has 0 atom stereocenters. The predicted octanol–water partition coefficient (Wildman–Crippen LogP) is 4.48. The summed E-state index contributed by atoms with van der Waals surface area (Å²) in [6.45, 7) is 0.972. The standard InChI is InChI=1S/C25H27NO4S/c1-30-23-14-16-24(17-15-23)31(28,29)18-8-13-25(27)26(19-21-9-4-2-5-10-21)20-22-11-6-3-7-12-22/h2-7,9-12,14-17H,8,13,18-20H2,1H3. The number of methoxy groups -OCH3 is 1. The summed E-state index contributed by atoms with van der Waals surface area (Å²) in [4.78, 5) is 15.0. The zero-order chi connectivity index (χ0) is 22.1. The number of hydrogen-bond acceptors (Lipinski definition) is 4. The highest BCUT2D eigenvalue weighted by Crippen LogP contribution is 2.18. The van der Waals surface area contributed by atoms with E-state index >= 15 is 0 Å². The first-order chi connectivity index (χ1) is 15.0. The van der Waals surface area contributed by atoms with E-state index in [2.05, 4.69) is 0 Å². The summed E-state index contributed by atoms with van der Waals surface area (Å²) < 4.78 is 30.3. The van der Waals surface area contributed by atoms with Crippen molar-refractivity contribution in [3.63, 3.8) is 0 Å². The molecule has 0 bridgehead atoms. The van der Waals surface area contributed by atoms with E-state index in [0.29, 0.717) is 18.8 Å². The van der Waals surface area contributed by atoms with E-state index in [0.717, 1.165) is 11.1 Å². The van der Waals surface area contributed by atoms with E-state index in [1.54, 1.807) is 17.0 Å². The van der Waals surface area contributed by atoms with E-state index in [1.165, 1.54) is 19.2 Å². The van der Waals surface area contributed by atoms with Crippen molar-refractivity contribution in [1.29, 1.82) is 0 Å². The van der Waals surface area contributed by atoms with Gasteiger partial charge in [0.2, 0.25) is 5.91 Å². The van der Waals surface area contributed by atoms with Crippen molar-refractivity contribution < 1.29 is 17.9 Å². The van der Waals surface area contributed by atoms with Gasteiger partial charge in [-0.25, -0.2) is 8.42 Å². The first-order valence-electron chi connectivity index (χ1n) is 10.2. The van der Waals surface area contributed by atoms with Gasteiger partial charge in [0.1, 0.15) is 5.75 Å². The van der Waals surface area contributed by atoms with Gasteiger partial charge >= 0.3 is 0 Å². The van der Waals surface area contributed by atoms with Crippen LogP contribution in [0.4, 0.5) is 0 Å². The number of carbonyl (C=O) groups excluding carboxylic acids is 1. The smallest absolute Gasteiger partial charge is 0.223 e. The molecule has 0 radical (unpaired) electrons. The normalized spacial score (nSPS) is 11.1. The van der Waals surface area contributed by atoms with Crippen LogP contribution in [0.25, 0.3) is 0 Å². The lowest BCUT2D eigenvalue weighted by Crippen LogP contribution is -2.30. The number of sulfone groups is 1. The van der Waals surface area contributed by atoms with E-state index in [9.17, 15) is 13.2 Å². The summed E-state index contributed by atoms with van der Waals surface area (Å²) in [6.07, 6.45) is 0.447. The Morgan fingerprint density at radius 2 is 1.32 bits per heavy atom. The second kappa shape index (κ2) is 10.8. The second-order valence-electron chi connectivity index (χ2n) is 7.32. The van der Waals surface area contributed by atoms with Gasteiger partial charge in [-0.15, -0.1) is 0 Å². The first-order valence-corrected chi connectivity index (χ1v) is 11.9.